The van der Waals surface area contributed by atoms with E-state index in [1.807, 2.05) is 42.5 Å². The standard InChI is InChI=1S/C18H15NOS/c20-17-14-8-4-5-9-15(14)21-18(17)16(19-13-10-11-13)12-6-2-1-3-7-12/h1-9,13,20H,10-11H2. The van der Waals surface area contributed by atoms with Crippen molar-refractivity contribution < 1.29 is 5.11 Å². The first-order chi connectivity index (χ1) is 10.3. The SMILES string of the molecule is Oc1c(C(=NC2CC2)c2ccccc2)sc2ccccc12. The van der Waals surface area contributed by atoms with E-state index in [1.54, 1.807) is 11.3 Å². The van der Waals surface area contributed by atoms with Crippen molar-refractivity contribution in [3.05, 3.63) is 65.0 Å². The second-order valence-corrected chi connectivity index (χ2v) is 6.40. The van der Waals surface area contributed by atoms with Gasteiger partial charge in [-0.15, -0.1) is 11.3 Å². The summed E-state index contributed by atoms with van der Waals surface area (Å²) in [6.07, 6.45) is 2.31. The lowest BCUT2D eigenvalue weighted by molar-refractivity contribution is 0.482. The van der Waals surface area contributed by atoms with Crippen LogP contribution in [0.15, 0.2) is 59.6 Å². The molecule has 1 fully saturated rings. The maximum atomic E-state index is 10.6. The third-order valence-corrected chi connectivity index (χ3v) is 4.86. The Morgan fingerprint density at radius 2 is 1.71 bits per heavy atom. The molecule has 1 saturated carbocycles. The smallest absolute Gasteiger partial charge is 0.143 e. The fourth-order valence-corrected chi connectivity index (χ4v) is 3.55. The van der Waals surface area contributed by atoms with Gasteiger partial charge < -0.3 is 5.11 Å². The fourth-order valence-electron chi connectivity index (χ4n) is 2.44. The van der Waals surface area contributed by atoms with Gasteiger partial charge in [-0.2, -0.15) is 0 Å². The topological polar surface area (TPSA) is 32.6 Å². The number of rotatable bonds is 3. The van der Waals surface area contributed by atoms with Gasteiger partial charge in [0, 0.05) is 15.6 Å². The van der Waals surface area contributed by atoms with Crippen LogP contribution in [0, 0.1) is 0 Å². The van der Waals surface area contributed by atoms with E-state index in [-0.39, 0.29) is 0 Å². The lowest BCUT2D eigenvalue weighted by atomic mass is 10.1. The van der Waals surface area contributed by atoms with Gasteiger partial charge in [0.05, 0.1) is 16.6 Å². The number of benzene rings is 2. The van der Waals surface area contributed by atoms with Gasteiger partial charge in [-0.05, 0) is 25.0 Å². The van der Waals surface area contributed by atoms with Crippen LogP contribution in [-0.4, -0.2) is 16.9 Å². The number of fused-ring (bicyclic) bond motifs is 1. The van der Waals surface area contributed by atoms with Crippen molar-refractivity contribution in [3.8, 4) is 5.75 Å². The van der Waals surface area contributed by atoms with Crippen molar-refractivity contribution in [2.45, 2.75) is 18.9 Å². The lowest BCUT2D eigenvalue weighted by Gasteiger charge is -2.05. The maximum Gasteiger partial charge on any atom is 0.143 e. The Bertz CT molecular complexity index is 816. The largest absolute Gasteiger partial charge is 0.506 e. The van der Waals surface area contributed by atoms with E-state index >= 15 is 0 Å². The van der Waals surface area contributed by atoms with E-state index in [2.05, 4.69) is 12.1 Å². The number of thiophene rings is 1. The molecule has 0 amide bonds. The summed E-state index contributed by atoms with van der Waals surface area (Å²) in [5, 5.41) is 11.5. The summed E-state index contributed by atoms with van der Waals surface area (Å²) in [7, 11) is 0. The van der Waals surface area contributed by atoms with Crippen molar-refractivity contribution >= 4 is 27.1 Å². The predicted molar refractivity (Wildman–Crippen MR) is 88.6 cm³/mol. The molecule has 3 heteroatoms. The van der Waals surface area contributed by atoms with Crippen LogP contribution in [0.2, 0.25) is 0 Å². The van der Waals surface area contributed by atoms with Crippen LogP contribution in [-0.2, 0) is 0 Å². The summed E-state index contributed by atoms with van der Waals surface area (Å²) < 4.78 is 1.10. The van der Waals surface area contributed by atoms with Crippen molar-refractivity contribution in [1.29, 1.82) is 0 Å². The normalized spacial score (nSPS) is 15.5. The van der Waals surface area contributed by atoms with E-state index in [4.69, 9.17) is 4.99 Å². The van der Waals surface area contributed by atoms with Crippen molar-refractivity contribution in [1.82, 2.24) is 0 Å². The van der Waals surface area contributed by atoms with Gasteiger partial charge in [0.2, 0.25) is 0 Å². The third-order valence-electron chi connectivity index (χ3n) is 3.69. The molecule has 1 aromatic heterocycles. The quantitative estimate of drug-likeness (QED) is 0.703. The van der Waals surface area contributed by atoms with Crippen molar-refractivity contribution in [3.63, 3.8) is 0 Å². The second kappa shape index (κ2) is 5.01. The van der Waals surface area contributed by atoms with Crippen LogP contribution in [0.3, 0.4) is 0 Å². The monoisotopic (exact) mass is 293 g/mol. The maximum absolute atomic E-state index is 10.6. The molecule has 2 nitrogen and oxygen atoms in total. The molecule has 2 aromatic carbocycles. The minimum Gasteiger partial charge on any atom is -0.506 e. The van der Waals surface area contributed by atoms with Crippen LogP contribution < -0.4 is 0 Å². The first-order valence-electron chi connectivity index (χ1n) is 7.17. The zero-order valence-corrected chi connectivity index (χ0v) is 12.3. The first-order valence-corrected chi connectivity index (χ1v) is 7.98. The van der Waals surface area contributed by atoms with Gasteiger partial charge in [-0.1, -0.05) is 42.5 Å². The number of aromatic hydroxyl groups is 1. The predicted octanol–water partition coefficient (Wildman–Crippen LogP) is 4.61. The molecule has 1 aliphatic rings. The first kappa shape index (κ1) is 12.6. The summed E-state index contributed by atoms with van der Waals surface area (Å²) in [5.74, 6) is 0.360. The fraction of sp³-hybridized carbons (Fsp3) is 0.167. The third kappa shape index (κ3) is 2.34. The number of nitrogens with zero attached hydrogens (tertiary/aromatic N) is 1. The lowest BCUT2D eigenvalue weighted by Crippen LogP contribution is -2.02. The van der Waals surface area contributed by atoms with Gasteiger partial charge in [0.1, 0.15) is 5.75 Å². The molecule has 104 valence electrons. The average Bonchev–Trinajstić information content (AvgIpc) is 3.30. The molecule has 0 radical (unpaired) electrons. The zero-order chi connectivity index (χ0) is 14.2. The van der Waals surface area contributed by atoms with Gasteiger partial charge in [-0.25, -0.2) is 0 Å². The Hall–Kier alpha value is -2.13. The average molecular weight is 293 g/mol. The molecule has 1 N–H and O–H groups in total. The number of hydrogen-bond acceptors (Lipinski definition) is 3. The Morgan fingerprint density at radius 3 is 2.43 bits per heavy atom. The Labute approximate surface area is 127 Å². The molecule has 3 aromatic rings. The summed E-state index contributed by atoms with van der Waals surface area (Å²) in [5.41, 5.74) is 2.00. The molecule has 0 saturated heterocycles. The molecule has 0 aliphatic heterocycles. The molecular weight excluding hydrogens is 278 g/mol. The summed E-state index contributed by atoms with van der Waals surface area (Å²) in [6, 6.07) is 18.5. The van der Waals surface area contributed by atoms with Crippen LogP contribution in [0.4, 0.5) is 0 Å². The van der Waals surface area contributed by atoms with Crippen molar-refractivity contribution in [2.24, 2.45) is 4.99 Å². The summed E-state index contributed by atoms with van der Waals surface area (Å²) >= 11 is 1.62. The highest BCUT2D eigenvalue weighted by Gasteiger charge is 2.24. The van der Waals surface area contributed by atoms with Gasteiger partial charge >= 0.3 is 0 Å². The molecule has 4 rings (SSSR count). The number of hydrogen-bond donors (Lipinski definition) is 1. The molecule has 1 heterocycles. The molecule has 0 bridgehead atoms. The Balaban J connectivity index is 1.91. The van der Waals surface area contributed by atoms with E-state index in [9.17, 15) is 5.11 Å². The summed E-state index contributed by atoms with van der Waals surface area (Å²) in [6.45, 7) is 0. The highest BCUT2D eigenvalue weighted by Crippen LogP contribution is 2.39. The molecule has 0 unspecified atom stereocenters. The van der Waals surface area contributed by atoms with Gasteiger partial charge in [0.15, 0.2) is 0 Å². The summed E-state index contributed by atoms with van der Waals surface area (Å²) in [4.78, 5) is 5.74. The highest BCUT2D eigenvalue weighted by molar-refractivity contribution is 7.21. The van der Waals surface area contributed by atoms with E-state index in [1.165, 1.54) is 0 Å². The Kier molecular flexibility index (Phi) is 3.00. The van der Waals surface area contributed by atoms with Crippen LogP contribution in [0.1, 0.15) is 23.3 Å². The van der Waals surface area contributed by atoms with Gasteiger partial charge in [0.25, 0.3) is 0 Å². The number of aliphatic imine (C=N–C) groups is 1. The minimum atomic E-state index is 0.360. The zero-order valence-electron chi connectivity index (χ0n) is 11.5. The highest BCUT2D eigenvalue weighted by atomic mass is 32.1. The second-order valence-electron chi connectivity index (χ2n) is 5.35. The van der Waals surface area contributed by atoms with Crippen LogP contribution in [0.25, 0.3) is 10.1 Å². The molecule has 1 aliphatic carbocycles. The Morgan fingerprint density at radius 1 is 1.00 bits per heavy atom. The molecule has 0 spiro atoms. The van der Waals surface area contributed by atoms with E-state index in [0.29, 0.717) is 11.8 Å². The molecule has 21 heavy (non-hydrogen) atoms. The van der Waals surface area contributed by atoms with E-state index < -0.39 is 0 Å². The van der Waals surface area contributed by atoms with Crippen LogP contribution in [0.5, 0.6) is 5.75 Å². The molecular formula is C18H15NOS. The van der Waals surface area contributed by atoms with E-state index in [0.717, 1.165) is 39.1 Å². The van der Waals surface area contributed by atoms with Crippen molar-refractivity contribution in [2.75, 3.05) is 0 Å². The minimum absolute atomic E-state index is 0.360. The van der Waals surface area contributed by atoms with Crippen LogP contribution >= 0.6 is 11.3 Å². The molecule has 0 atom stereocenters. The van der Waals surface area contributed by atoms with Gasteiger partial charge in [-0.3, -0.25) is 4.99 Å².